The summed E-state index contributed by atoms with van der Waals surface area (Å²) in [6.07, 6.45) is 3.51. The molecule has 30 heavy (non-hydrogen) atoms. The van der Waals surface area contributed by atoms with Crippen molar-refractivity contribution in [1.29, 1.82) is 0 Å². The number of nitrogens with zero attached hydrogens (tertiary/aromatic N) is 2. The Morgan fingerprint density at radius 3 is 2.60 bits per heavy atom. The fourth-order valence-corrected chi connectivity index (χ4v) is 5.68. The van der Waals surface area contributed by atoms with Gasteiger partial charge in [-0.3, -0.25) is 4.79 Å². The molecule has 1 spiro atoms. The van der Waals surface area contributed by atoms with E-state index in [1.54, 1.807) is 12.1 Å². The highest BCUT2D eigenvalue weighted by atomic mass is 35.5. The molecule has 3 aliphatic rings. The van der Waals surface area contributed by atoms with Gasteiger partial charge in [-0.2, -0.15) is 5.10 Å². The zero-order valence-corrected chi connectivity index (χ0v) is 17.9. The number of benzene rings is 2. The highest BCUT2D eigenvalue weighted by Gasteiger charge is 2.51. The summed E-state index contributed by atoms with van der Waals surface area (Å²) in [4.78, 5) is 15.3. The third kappa shape index (κ3) is 3.38. The number of likely N-dealkylation sites (tertiary alicyclic amines) is 1. The second-order valence-electron chi connectivity index (χ2n) is 8.55. The van der Waals surface area contributed by atoms with Gasteiger partial charge in [0.1, 0.15) is 5.82 Å². The average molecular weight is 446 g/mol. The van der Waals surface area contributed by atoms with E-state index in [0.717, 1.165) is 55.5 Å². The van der Waals surface area contributed by atoms with Crippen LogP contribution in [0.25, 0.3) is 11.1 Å². The Morgan fingerprint density at radius 1 is 1.13 bits per heavy atom. The van der Waals surface area contributed by atoms with Crippen molar-refractivity contribution in [2.24, 2.45) is 16.4 Å². The summed E-state index contributed by atoms with van der Waals surface area (Å²) in [5, 5.41) is 5.42. The number of fused-ring (bicyclic) bond motifs is 1. The molecule has 2 atom stereocenters. The van der Waals surface area contributed by atoms with E-state index in [1.807, 2.05) is 17.0 Å². The highest BCUT2D eigenvalue weighted by Crippen LogP contribution is 2.47. The van der Waals surface area contributed by atoms with Crippen LogP contribution in [0.2, 0.25) is 10.0 Å². The standard InChI is InChI=1S/C23H22Cl2FN3O/c24-19-9-15(14-1-3-17(26)4-2-14)10-20(25)18(19)13-29-8-7-23(22(29)30)6-5-21-16(11-23)12-27-28-21/h1-4,9-10,16,27H,5-8,11-13H2. The Balaban J connectivity index is 1.35. The van der Waals surface area contributed by atoms with Crippen LogP contribution in [0.15, 0.2) is 41.5 Å². The SMILES string of the molecule is O=C1N(Cc2c(Cl)cc(-c3ccc(F)cc3)cc2Cl)CCC12CCC1=NNCC1C2. The molecule has 1 aliphatic carbocycles. The molecule has 0 radical (unpaired) electrons. The molecule has 1 saturated carbocycles. The number of hydrazone groups is 1. The second kappa shape index (κ2) is 7.54. The Labute approximate surface area is 185 Å². The van der Waals surface area contributed by atoms with Crippen molar-refractivity contribution in [2.75, 3.05) is 13.1 Å². The maximum Gasteiger partial charge on any atom is 0.229 e. The van der Waals surface area contributed by atoms with Crippen molar-refractivity contribution >= 4 is 34.8 Å². The Hall–Kier alpha value is -2.11. The number of hydrogen-bond donors (Lipinski definition) is 1. The summed E-state index contributed by atoms with van der Waals surface area (Å²) >= 11 is 13.1. The molecule has 0 aromatic heterocycles. The summed E-state index contributed by atoms with van der Waals surface area (Å²) in [5.74, 6) is 0.302. The van der Waals surface area contributed by atoms with Gasteiger partial charge >= 0.3 is 0 Å². The lowest BCUT2D eigenvalue weighted by molar-refractivity contribution is -0.137. The average Bonchev–Trinajstić information content (AvgIpc) is 3.31. The number of amides is 1. The van der Waals surface area contributed by atoms with Crippen molar-refractivity contribution in [3.8, 4) is 11.1 Å². The van der Waals surface area contributed by atoms with Crippen LogP contribution in [-0.4, -0.2) is 29.6 Å². The van der Waals surface area contributed by atoms with Gasteiger partial charge in [-0.05, 0) is 61.1 Å². The van der Waals surface area contributed by atoms with Crippen LogP contribution in [0.3, 0.4) is 0 Å². The molecule has 2 aromatic carbocycles. The van der Waals surface area contributed by atoms with Crippen LogP contribution in [0.4, 0.5) is 4.39 Å². The first-order valence-corrected chi connectivity index (χ1v) is 11.0. The lowest BCUT2D eigenvalue weighted by Crippen LogP contribution is -2.41. The van der Waals surface area contributed by atoms with Gasteiger partial charge in [0, 0.05) is 46.9 Å². The van der Waals surface area contributed by atoms with Gasteiger partial charge in [-0.15, -0.1) is 0 Å². The predicted molar refractivity (Wildman–Crippen MR) is 117 cm³/mol. The van der Waals surface area contributed by atoms with Gasteiger partial charge in [-0.25, -0.2) is 4.39 Å². The smallest absolute Gasteiger partial charge is 0.229 e. The number of nitrogens with one attached hydrogen (secondary N) is 1. The molecule has 2 fully saturated rings. The van der Waals surface area contributed by atoms with Gasteiger partial charge in [0.05, 0.1) is 5.41 Å². The molecule has 0 bridgehead atoms. The van der Waals surface area contributed by atoms with E-state index in [-0.39, 0.29) is 17.1 Å². The molecular weight excluding hydrogens is 424 g/mol. The molecule has 1 amide bonds. The molecule has 5 rings (SSSR count). The monoisotopic (exact) mass is 445 g/mol. The first-order chi connectivity index (χ1) is 14.4. The van der Waals surface area contributed by atoms with Crippen molar-refractivity contribution in [1.82, 2.24) is 10.3 Å². The molecule has 2 heterocycles. The summed E-state index contributed by atoms with van der Waals surface area (Å²) in [5.41, 5.74) is 6.45. The van der Waals surface area contributed by atoms with E-state index in [0.29, 0.717) is 22.5 Å². The van der Waals surface area contributed by atoms with E-state index in [4.69, 9.17) is 23.2 Å². The molecule has 4 nitrogen and oxygen atoms in total. The molecular formula is C23H22Cl2FN3O. The Bertz CT molecular complexity index is 1020. The fourth-order valence-electron chi connectivity index (χ4n) is 5.08. The van der Waals surface area contributed by atoms with E-state index < -0.39 is 0 Å². The minimum absolute atomic E-state index is 0.211. The van der Waals surface area contributed by atoms with Gasteiger partial charge in [-0.1, -0.05) is 35.3 Å². The molecule has 1 saturated heterocycles. The number of carbonyl (C=O) groups is 1. The third-order valence-corrected chi connectivity index (χ3v) is 7.47. The van der Waals surface area contributed by atoms with Crippen molar-refractivity contribution in [3.63, 3.8) is 0 Å². The summed E-state index contributed by atoms with van der Waals surface area (Å²) in [6.45, 7) is 1.97. The lowest BCUT2D eigenvalue weighted by Gasteiger charge is -2.35. The van der Waals surface area contributed by atoms with E-state index >= 15 is 0 Å². The number of halogens is 3. The maximum absolute atomic E-state index is 13.4. The van der Waals surface area contributed by atoms with Crippen LogP contribution >= 0.6 is 23.2 Å². The lowest BCUT2D eigenvalue weighted by atomic mass is 9.68. The predicted octanol–water partition coefficient (Wildman–Crippen LogP) is 5.28. The number of hydrogen-bond acceptors (Lipinski definition) is 3. The summed E-state index contributed by atoms with van der Waals surface area (Å²) in [6, 6.07) is 9.88. The molecule has 2 unspecified atom stereocenters. The van der Waals surface area contributed by atoms with E-state index in [9.17, 15) is 9.18 Å². The number of rotatable bonds is 3. The topological polar surface area (TPSA) is 44.7 Å². The van der Waals surface area contributed by atoms with Gasteiger partial charge < -0.3 is 10.3 Å². The van der Waals surface area contributed by atoms with E-state index in [2.05, 4.69) is 10.5 Å². The molecule has 156 valence electrons. The highest BCUT2D eigenvalue weighted by molar-refractivity contribution is 6.36. The first-order valence-electron chi connectivity index (χ1n) is 10.3. The molecule has 1 N–H and O–H groups in total. The zero-order valence-electron chi connectivity index (χ0n) is 16.4. The first kappa shape index (κ1) is 19.8. The zero-order chi connectivity index (χ0) is 20.9. The number of carbonyl (C=O) groups excluding carboxylic acids is 1. The summed E-state index contributed by atoms with van der Waals surface area (Å²) in [7, 11) is 0. The van der Waals surface area contributed by atoms with Crippen molar-refractivity contribution in [2.45, 2.75) is 32.2 Å². The quantitative estimate of drug-likeness (QED) is 0.698. The van der Waals surface area contributed by atoms with Gasteiger partial charge in [0.15, 0.2) is 0 Å². The Kier molecular flexibility index (Phi) is 4.98. The van der Waals surface area contributed by atoms with Crippen LogP contribution < -0.4 is 5.43 Å². The fraction of sp³-hybridized carbons (Fsp3) is 0.391. The normalized spacial score (nSPS) is 25.4. The minimum Gasteiger partial charge on any atom is -0.338 e. The van der Waals surface area contributed by atoms with Crippen LogP contribution in [0, 0.1) is 17.2 Å². The molecule has 7 heteroatoms. The van der Waals surface area contributed by atoms with E-state index in [1.165, 1.54) is 17.8 Å². The van der Waals surface area contributed by atoms with Crippen molar-refractivity contribution < 1.29 is 9.18 Å². The molecule has 2 aliphatic heterocycles. The van der Waals surface area contributed by atoms with Crippen LogP contribution in [0.5, 0.6) is 0 Å². The van der Waals surface area contributed by atoms with Gasteiger partial charge in [0.25, 0.3) is 0 Å². The third-order valence-electron chi connectivity index (χ3n) is 6.80. The van der Waals surface area contributed by atoms with Crippen LogP contribution in [0.1, 0.15) is 31.2 Å². The Morgan fingerprint density at radius 2 is 1.87 bits per heavy atom. The second-order valence-corrected chi connectivity index (χ2v) is 9.36. The maximum atomic E-state index is 13.4. The minimum atomic E-state index is -0.288. The largest absolute Gasteiger partial charge is 0.338 e. The van der Waals surface area contributed by atoms with Gasteiger partial charge in [0.2, 0.25) is 5.91 Å². The molecule has 2 aromatic rings. The summed E-state index contributed by atoms with van der Waals surface area (Å²) < 4.78 is 13.2. The van der Waals surface area contributed by atoms with Crippen LogP contribution in [-0.2, 0) is 11.3 Å². The van der Waals surface area contributed by atoms with Crippen molar-refractivity contribution in [3.05, 3.63) is 57.8 Å².